The van der Waals surface area contributed by atoms with Gasteiger partial charge in [-0.1, -0.05) is 54.1 Å². The highest BCUT2D eigenvalue weighted by atomic mass is 32.2. The number of hydrazone groups is 1. The maximum atomic E-state index is 13.6. The zero-order valence-electron chi connectivity index (χ0n) is 19.0. The van der Waals surface area contributed by atoms with E-state index in [0.717, 1.165) is 11.1 Å². The molecule has 1 amide bonds. The average Bonchev–Trinajstić information content (AvgIpc) is 2.77. The Morgan fingerprint density at radius 2 is 1.70 bits per heavy atom. The number of hydrogen-bond donors (Lipinski definition) is 1. The van der Waals surface area contributed by atoms with Gasteiger partial charge >= 0.3 is 0 Å². The number of pyridine rings is 1. The topological polar surface area (TPSA) is 91.7 Å². The quantitative estimate of drug-likeness (QED) is 0.388. The fourth-order valence-corrected chi connectivity index (χ4v) is 5.51. The van der Waals surface area contributed by atoms with E-state index in [1.807, 2.05) is 49.4 Å². The van der Waals surface area contributed by atoms with Gasteiger partial charge in [0.15, 0.2) is 0 Å². The largest absolute Gasteiger partial charge is 0.272 e. The number of hydrogen-bond acceptors (Lipinski definition) is 5. The van der Waals surface area contributed by atoms with E-state index in [9.17, 15) is 13.2 Å². The molecule has 0 spiro atoms. The van der Waals surface area contributed by atoms with Gasteiger partial charge in [0.05, 0.1) is 23.3 Å². The minimum atomic E-state index is -3.91. The third-order valence-corrected chi connectivity index (χ3v) is 7.24. The van der Waals surface area contributed by atoms with Crippen molar-refractivity contribution in [1.82, 2.24) is 14.7 Å². The highest BCUT2D eigenvalue weighted by Crippen LogP contribution is 2.25. The van der Waals surface area contributed by atoms with Crippen LogP contribution in [0.5, 0.6) is 0 Å². The summed E-state index contributed by atoms with van der Waals surface area (Å²) >= 11 is 0. The number of rotatable bonds is 9. The highest BCUT2D eigenvalue weighted by Gasteiger charge is 2.29. The number of benzene rings is 2. The first kappa shape index (κ1) is 24.3. The van der Waals surface area contributed by atoms with Gasteiger partial charge in [-0.3, -0.25) is 9.78 Å². The fraction of sp³-hybridized carbons (Fsp3) is 0.240. The monoisotopic (exact) mass is 464 g/mol. The first-order valence-electron chi connectivity index (χ1n) is 10.6. The molecule has 0 unspecified atom stereocenters. The van der Waals surface area contributed by atoms with Gasteiger partial charge in [-0.05, 0) is 56.0 Å². The standard InChI is InChI=1S/C25H28N4O3S/c1-19-15-20(2)25(21(3)16-19)33(31,32)29(14-12-22-9-5-4-6-10-22)18-24(30)28-27-17-23-11-7-8-13-26-23/h4-11,13,15-17H,12,14,18H2,1-3H3,(H,28,30). The van der Waals surface area contributed by atoms with Gasteiger partial charge in [-0.25, -0.2) is 13.8 Å². The van der Waals surface area contributed by atoms with Crippen LogP contribution in [0, 0.1) is 20.8 Å². The van der Waals surface area contributed by atoms with E-state index in [2.05, 4.69) is 15.5 Å². The van der Waals surface area contributed by atoms with E-state index < -0.39 is 15.9 Å². The lowest BCUT2D eigenvalue weighted by atomic mass is 10.1. The molecule has 1 heterocycles. The molecule has 0 saturated heterocycles. The first-order chi connectivity index (χ1) is 15.8. The second-order valence-electron chi connectivity index (χ2n) is 7.85. The highest BCUT2D eigenvalue weighted by molar-refractivity contribution is 7.89. The Morgan fingerprint density at radius 3 is 2.33 bits per heavy atom. The van der Waals surface area contributed by atoms with Gasteiger partial charge in [0, 0.05) is 12.7 Å². The summed E-state index contributed by atoms with van der Waals surface area (Å²) in [5, 5.41) is 3.91. The summed E-state index contributed by atoms with van der Waals surface area (Å²) in [5.41, 5.74) is 6.28. The number of carbonyl (C=O) groups is 1. The van der Waals surface area contributed by atoms with Crippen LogP contribution in [0.1, 0.15) is 27.9 Å². The molecule has 172 valence electrons. The molecule has 7 nitrogen and oxygen atoms in total. The van der Waals surface area contributed by atoms with Crippen molar-refractivity contribution in [2.75, 3.05) is 13.1 Å². The molecule has 3 aromatic rings. The molecule has 0 saturated carbocycles. The summed E-state index contributed by atoms with van der Waals surface area (Å²) in [6, 6.07) is 18.6. The van der Waals surface area contributed by atoms with Gasteiger partial charge in [0.2, 0.25) is 10.0 Å². The van der Waals surface area contributed by atoms with Crippen LogP contribution < -0.4 is 5.43 Å². The van der Waals surface area contributed by atoms with Gasteiger partial charge in [-0.15, -0.1) is 0 Å². The number of aryl methyl sites for hydroxylation is 3. The molecule has 2 aromatic carbocycles. The summed E-state index contributed by atoms with van der Waals surface area (Å²) in [4.78, 5) is 16.9. The molecule has 33 heavy (non-hydrogen) atoms. The average molecular weight is 465 g/mol. The van der Waals surface area contributed by atoms with E-state index in [0.29, 0.717) is 23.2 Å². The summed E-state index contributed by atoms with van der Waals surface area (Å²) in [5.74, 6) is -0.527. The Bertz CT molecular complexity index is 1200. The molecule has 0 atom stereocenters. The van der Waals surface area contributed by atoms with Crippen LogP contribution in [0.25, 0.3) is 0 Å². The Labute approximate surface area is 195 Å². The molecule has 1 aromatic heterocycles. The maximum absolute atomic E-state index is 13.6. The fourth-order valence-electron chi connectivity index (χ4n) is 3.70. The Morgan fingerprint density at radius 1 is 1.03 bits per heavy atom. The molecular weight excluding hydrogens is 436 g/mol. The van der Waals surface area contributed by atoms with Crippen molar-refractivity contribution >= 4 is 22.1 Å². The van der Waals surface area contributed by atoms with Crippen LogP contribution in [-0.2, 0) is 21.2 Å². The van der Waals surface area contributed by atoms with E-state index in [1.165, 1.54) is 10.5 Å². The normalized spacial score (nSPS) is 11.8. The van der Waals surface area contributed by atoms with Crippen molar-refractivity contribution in [3.8, 4) is 0 Å². The smallest absolute Gasteiger partial charge is 0.255 e. The van der Waals surface area contributed by atoms with E-state index >= 15 is 0 Å². The summed E-state index contributed by atoms with van der Waals surface area (Å²) in [7, 11) is -3.91. The number of nitrogens with zero attached hydrogens (tertiary/aromatic N) is 3. The van der Waals surface area contributed by atoms with Crippen LogP contribution in [0.3, 0.4) is 0 Å². The zero-order valence-corrected chi connectivity index (χ0v) is 19.8. The minimum Gasteiger partial charge on any atom is -0.272 e. The molecular formula is C25H28N4O3S. The number of sulfonamides is 1. The van der Waals surface area contributed by atoms with E-state index in [-0.39, 0.29) is 18.0 Å². The van der Waals surface area contributed by atoms with Gasteiger partial charge in [0.25, 0.3) is 5.91 Å². The van der Waals surface area contributed by atoms with Crippen molar-refractivity contribution in [2.45, 2.75) is 32.1 Å². The zero-order chi connectivity index (χ0) is 23.8. The molecule has 0 aliphatic rings. The van der Waals surface area contributed by atoms with Crippen LogP contribution >= 0.6 is 0 Å². The predicted octanol–water partition coefficient (Wildman–Crippen LogP) is 3.39. The Balaban J connectivity index is 1.82. The Hall–Kier alpha value is -3.36. The molecule has 0 bridgehead atoms. The maximum Gasteiger partial charge on any atom is 0.255 e. The third-order valence-electron chi connectivity index (χ3n) is 5.09. The van der Waals surface area contributed by atoms with Crippen molar-refractivity contribution in [1.29, 1.82) is 0 Å². The van der Waals surface area contributed by atoms with Gasteiger partial charge < -0.3 is 0 Å². The summed E-state index contributed by atoms with van der Waals surface area (Å²) in [6.45, 7) is 5.30. The van der Waals surface area contributed by atoms with Crippen molar-refractivity contribution in [3.63, 3.8) is 0 Å². The number of aromatic nitrogens is 1. The minimum absolute atomic E-state index is 0.163. The number of carbonyl (C=O) groups excluding carboxylic acids is 1. The van der Waals surface area contributed by atoms with Gasteiger partial charge in [-0.2, -0.15) is 9.41 Å². The second kappa shape index (κ2) is 11.0. The molecule has 3 rings (SSSR count). The van der Waals surface area contributed by atoms with E-state index in [4.69, 9.17) is 0 Å². The molecule has 0 aliphatic carbocycles. The van der Waals surface area contributed by atoms with Crippen LogP contribution in [-0.4, -0.2) is 42.9 Å². The molecule has 0 radical (unpaired) electrons. The Kier molecular flexibility index (Phi) is 8.08. The number of amides is 1. The summed E-state index contributed by atoms with van der Waals surface area (Å²) in [6.07, 6.45) is 3.51. The lowest BCUT2D eigenvalue weighted by molar-refractivity contribution is -0.121. The van der Waals surface area contributed by atoms with Crippen molar-refractivity contribution in [2.24, 2.45) is 5.10 Å². The third kappa shape index (κ3) is 6.57. The van der Waals surface area contributed by atoms with E-state index in [1.54, 1.807) is 38.2 Å². The SMILES string of the molecule is Cc1cc(C)c(S(=O)(=O)N(CCc2ccccc2)CC(=O)NN=Cc2ccccn2)c(C)c1. The summed E-state index contributed by atoms with van der Waals surface area (Å²) < 4.78 is 28.5. The van der Waals surface area contributed by atoms with Crippen molar-refractivity contribution < 1.29 is 13.2 Å². The lowest BCUT2D eigenvalue weighted by Crippen LogP contribution is -2.41. The molecule has 0 fully saturated rings. The van der Waals surface area contributed by atoms with Crippen molar-refractivity contribution in [3.05, 3.63) is 94.8 Å². The second-order valence-corrected chi connectivity index (χ2v) is 9.72. The van der Waals surface area contributed by atoms with Crippen LogP contribution in [0.15, 0.2) is 76.9 Å². The molecule has 8 heteroatoms. The molecule has 1 N–H and O–H groups in total. The van der Waals surface area contributed by atoms with Crippen LogP contribution in [0.2, 0.25) is 0 Å². The van der Waals surface area contributed by atoms with Gasteiger partial charge in [0.1, 0.15) is 0 Å². The number of nitrogens with one attached hydrogen (secondary N) is 1. The lowest BCUT2D eigenvalue weighted by Gasteiger charge is -2.24. The van der Waals surface area contributed by atoms with Crippen LogP contribution in [0.4, 0.5) is 0 Å². The predicted molar refractivity (Wildman–Crippen MR) is 130 cm³/mol. The molecule has 0 aliphatic heterocycles. The first-order valence-corrected chi connectivity index (χ1v) is 12.1.